The molecular weight excluding hydrogens is 220 g/mol. The molecule has 0 bridgehead atoms. The third kappa shape index (κ3) is 4.11. The molecule has 1 aliphatic rings. The molecule has 0 radical (unpaired) electrons. The molecule has 0 aliphatic carbocycles. The molecule has 0 spiro atoms. The molecule has 1 aromatic carbocycles. The summed E-state index contributed by atoms with van der Waals surface area (Å²) in [5.41, 5.74) is 4.15. The van der Waals surface area contributed by atoms with Gasteiger partial charge in [-0.05, 0) is 64.9 Å². The monoisotopic (exact) mass is 246 g/mol. The maximum absolute atomic E-state index is 3.62. The van der Waals surface area contributed by atoms with Crippen molar-refractivity contribution in [2.75, 3.05) is 26.7 Å². The van der Waals surface area contributed by atoms with Crippen LogP contribution in [-0.2, 0) is 6.54 Å². The molecule has 1 heterocycles. The van der Waals surface area contributed by atoms with E-state index in [1.807, 2.05) is 0 Å². The molecule has 2 rings (SSSR count). The summed E-state index contributed by atoms with van der Waals surface area (Å²) in [4.78, 5) is 2.43. The fraction of sp³-hybridized carbons (Fsp3) is 0.625. The van der Waals surface area contributed by atoms with Gasteiger partial charge in [-0.15, -0.1) is 0 Å². The number of benzene rings is 1. The van der Waals surface area contributed by atoms with Crippen LogP contribution in [0.5, 0.6) is 0 Å². The van der Waals surface area contributed by atoms with E-state index in [1.54, 1.807) is 0 Å². The normalized spacial score (nSPS) is 18.2. The first-order valence-corrected chi connectivity index (χ1v) is 7.10. The maximum Gasteiger partial charge on any atom is 0.0205 e. The van der Waals surface area contributed by atoms with E-state index < -0.39 is 0 Å². The Kier molecular flexibility index (Phi) is 4.79. The summed E-state index contributed by atoms with van der Waals surface area (Å²) >= 11 is 0. The van der Waals surface area contributed by atoms with Crippen LogP contribution < -0.4 is 5.32 Å². The number of hydrogen-bond donors (Lipinski definition) is 1. The standard InChI is InChI=1S/C16H26N2/c1-13-8-14(2)10-16(9-13)12-17-11-15-4-6-18(3)7-5-15/h8-10,15,17H,4-7,11-12H2,1-3H3. The van der Waals surface area contributed by atoms with Gasteiger partial charge in [-0.3, -0.25) is 0 Å². The predicted octanol–water partition coefficient (Wildman–Crippen LogP) is 2.73. The number of rotatable bonds is 4. The first-order valence-electron chi connectivity index (χ1n) is 7.10. The third-order valence-corrected chi connectivity index (χ3v) is 3.88. The van der Waals surface area contributed by atoms with Crippen molar-refractivity contribution in [2.45, 2.75) is 33.2 Å². The zero-order valence-electron chi connectivity index (χ0n) is 12.0. The van der Waals surface area contributed by atoms with Gasteiger partial charge in [0.1, 0.15) is 0 Å². The van der Waals surface area contributed by atoms with Gasteiger partial charge >= 0.3 is 0 Å². The minimum absolute atomic E-state index is 0.868. The summed E-state index contributed by atoms with van der Waals surface area (Å²) in [6, 6.07) is 6.81. The largest absolute Gasteiger partial charge is 0.312 e. The molecule has 1 aromatic rings. The van der Waals surface area contributed by atoms with Crippen LogP contribution >= 0.6 is 0 Å². The first kappa shape index (κ1) is 13.6. The molecule has 0 atom stereocenters. The summed E-state index contributed by atoms with van der Waals surface area (Å²) in [6.45, 7) is 9.04. The molecule has 1 aliphatic heterocycles. The highest BCUT2D eigenvalue weighted by Gasteiger charge is 2.15. The second-order valence-corrected chi connectivity index (χ2v) is 5.87. The van der Waals surface area contributed by atoms with Gasteiger partial charge in [-0.2, -0.15) is 0 Å². The van der Waals surface area contributed by atoms with E-state index in [9.17, 15) is 0 Å². The molecule has 0 amide bonds. The van der Waals surface area contributed by atoms with Gasteiger partial charge in [0.15, 0.2) is 0 Å². The first-order chi connectivity index (χ1) is 8.63. The van der Waals surface area contributed by atoms with Crippen molar-refractivity contribution in [1.82, 2.24) is 10.2 Å². The maximum atomic E-state index is 3.62. The average molecular weight is 246 g/mol. The van der Waals surface area contributed by atoms with Crippen molar-refractivity contribution in [3.8, 4) is 0 Å². The third-order valence-electron chi connectivity index (χ3n) is 3.88. The van der Waals surface area contributed by atoms with Crippen LogP contribution in [0.25, 0.3) is 0 Å². The molecule has 1 saturated heterocycles. The lowest BCUT2D eigenvalue weighted by molar-refractivity contribution is 0.216. The van der Waals surface area contributed by atoms with Crippen molar-refractivity contribution in [3.05, 3.63) is 34.9 Å². The summed E-state index contributed by atoms with van der Waals surface area (Å²) in [5, 5.41) is 3.62. The van der Waals surface area contributed by atoms with E-state index in [-0.39, 0.29) is 0 Å². The highest BCUT2D eigenvalue weighted by molar-refractivity contribution is 5.28. The van der Waals surface area contributed by atoms with Crippen molar-refractivity contribution in [1.29, 1.82) is 0 Å². The van der Waals surface area contributed by atoms with Crippen LogP contribution in [0, 0.1) is 19.8 Å². The number of likely N-dealkylation sites (tertiary alicyclic amines) is 1. The van der Waals surface area contributed by atoms with E-state index in [0.717, 1.165) is 12.5 Å². The Bertz CT molecular complexity index is 358. The van der Waals surface area contributed by atoms with Crippen molar-refractivity contribution >= 4 is 0 Å². The molecule has 18 heavy (non-hydrogen) atoms. The van der Waals surface area contributed by atoms with Crippen LogP contribution in [0.15, 0.2) is 18.2 Å². The van der Waals surface area contributed by atoms with Gasteiger partial charge < -0.3 is 10.2 Å². The molecule has 0 saturated carbocycles. The molecule has 2 heteroatoms. The summed E-state index contributed by atoms with van der Waals surface area (Å²) in [6.07, 6.45) is 2.69. The Morgan fingerprint density at radius 3 is 2.33 bits per heavy atom. The molecule has 0 unspecified atom stereocenters. The number of piperidine rings is 1. The molecule has 0 aromatic heterocycles. The van der Waals surface area contributed by atoms with Gasteiger partial charge in [0.2, 0.25) is 0 Å². The quantitative estimate of drug-likeness (QED) is 0.879. The van der Waals surface area contributed by atoms with E-state index in [2.05, 4.69) is 49.3 Å². The number of nitrogens with zero attached hydrogens (tertiary/aromatic N) is 1. The molecule has 1 fully saturated rings. The zero-order valence-corrected chi connectivity index (χ0v) is 12.0. The fourth-order valence-corrected chi connectivity index (χ4v) is 2.86. The average Bonchev–Trinajstić information content (AvgIpc) is 2.30. The zero-order chi connectivity index (χ0) is 13.0. The highest BCUT2D eigenvalue weighted by Crippen LogP contribution is 2.15. The second-order valence-electron chi connectivity index (χ2n) is 5.87. The second kappa shape index (κ2) is 6.35. The lowest BCUT2D eigenvalue weighted by Gasteiger charge is -2.29. The summed E-state index contributed by atoms with van der Waals surface area (Å²) < 4.78 is 0. The van der Waals surface area contributed by atoms with Crippen LogP contribution in [0.2, 0.25) is 0 Å². The lowest BCUT2D eigenvalue weighted by Crippen LogP contribution is -2.34. The molecule has 100 valence electrons. The minimum atomic E-state index is 0.868. The van der Waals surface area contributed by atoms with Gasteiger partial charge in [0, 0.05) is 6.54 Å². The minimum Gasteiger partial charge on any atom is -0.312 e. The van der Waals surface area contributed by atoms with Crippen molar-refractivity contribution in [2.24, 2.45) is 5.92 Å². The van der Waals surface area contributed by atoms with Gasteiger partial charge in [0.05, 0.1) is 0 Å². The van der Waals surface area contributed by atoms with Gasteiger partial charge in [-0.25, -0.2) is 0 Å². The number of hydrogen-bond acceptors (Lipinski definition) is 2. The highest BCUT2D eigenvalue weighted by atomic mass is 15.1. The molecule has 2 nitrogen and oxygen atoms in total. The Morgan fingerprint density at radius 2 is 1.72 bits per heavy atom. The van der Waals surface area contributed by atoms with Crippen LogP contribution in [0.4, 0.5) is 0 Å². The van der Waals surface area contributed by atoms with E-state index in [0.29, 0.717) is 0 Å². The van der Waals surface area contributed by atoms with E-state index >= 15 is 0 Å². The van der Waals surface area contributed by atoms with Crippen molar-refractivity contribution < 1.29 is 0 Å². The molecule has 1 N–H and O–H groups in total. The molecular formula is C16H26N2. The van der Waals surface area contributed by atoms with E-state index in [1.165, 1.54) is 49.2 Å². The van der Waals surface area contributed by atoms with Crippen LogP contribution in [0.3, 0.4) is 0 Å². The smallest absolute Gasteiger partial charge is 0.0205 e. The predicted molar refractivity (Wildman–Crippen MR) is 77.8 cm³/mol. The lowest BCUT2D eigenvalue weighted by atomic mass is 9.97. The Labute approximate surface area is 111 Å². The van der Waals surface area contributed by atoms with Crippen LogP contribution in [0.1, 0.15) is 29.5 Å². The number of aryl methyl sites for hydroxylation is 2. The SMILES string of the molecule is Cc1cc(C)cc(CNCC2CCN(C)CC2)c1. The van der Waals surface area contributed by atoms with E-state index in [4.69, 9.17) is 0 Å². The Morgan fingerprint density at radius 1 is 1.11 bits per heavy atom. The summed E-state index contributed by atoms with van der Waals surface area (Å²) in [7, 11) is 2.22. The van der Waals surface area contributed by atoms with Gasteiger partial charge in [0.25, 0.3) is 0 Å². The Hall–Kier alpha value is -0.860. The van der Waals surface area contributed by atoms with Crippen LogP contribution in [-0.4, -0.2) is 31.6 Å². The van der Waals surface area contributed by atoms with Gasteiger partial charge in [-0.1, -0.05) is 29.3 Å². The topological polar surface area (TPSA) is 15.3 Å². The Balaban J connectivity index is 1.74. The summed E-state index contributed by atoms with van der Waals surface area (Å²) in [5.74, 6) is 0.868. The number of nitrogens with one attached hydrogen (secondary N) is 1. The van der Waals surface area contributed by atoms with Crippen molar-refractivity contribution in [3.63, 3.8) is 0 Å². The fourth-order valence-electron chi connectivity index (χ4n) is 2.86.